The molecule has 0 amide bonds. The molecule has 0 bridgehead atoms. The van der Waals surface area contributed by atoms with Crippen LogP contribution < -0.4 is 9.46 Å². The van der Waals surface area contributed by atoms with E-state index in [0.717, 1.165) is 0 Å². The van der Waals surface area contributed by atoms with E-state index in [1.807, 2.05) is 0 Å². The van der Waals surface area contributed by atoms with E-state index in [1.165, 1.54) is 24.5 Å². The predicted octanol–water partition coefficient (Wildman–Crippen LogP) is 2.33. The van der Waals surface area contributed by atoms with Crippen LogP contribution in [0.3, 0.4) is 0 Å². The summed E-state index contributed by atoms with van der Waals surface area (Å²) in [4.78, 5) is 7.74. The van der Waals surface area contributed by atoms with Gasteiger partial charge in [0.15, 0.2) is 0 Å². The zero-order valence-electron chi connectivity index (χ0n) is 10.6. The van der Waals surface area contributed by atoms with Gasteiger partial charge in [0.1, 0.15) is 10.8 Å². The van der Waals surface area contributed by atoms with Crippen molar-refractivity contribution in [2.45, 2.75) is 11.8 Å². The Labute approximate surface area is 121 Å². The Hall–Kier alpha value is -1.86. The fourth-order valence-corrected chi connectivity index (χ4v) is 2.78. The highest BCUT2D eigenvalue weighted by Crippen LogP contribution is 2.24. The van der Waals surface area contributed by atoms with Crippen molar-refractivity contribution in [3.63, 3.8) is 0 Å². The first-order chi connectivity index (χ1) is 9.53. The minimum atomic E-state index is -3.77. The highest BCUT2D eigenvalue weighted by atomic mass is 35.5. The summed E-state index contributed by atoms with van der Waals surface area (Å²) in [7, 11) is -3.77. The van der Waals surface area contributed by atoms with E-state index in [2.05, 4.69) is 14.7 Å². The third-order valence-electron chi connectivity index (χ3n) is 2.30. The van der Waals surface area contributed by atoms with E-state index in [9.17, 15) is 8.42 Å². The topological polar surface area (TPSA) is 81.2 Å². The number of pyridine rings is 2. The Morgan fingerprint density at radius 3 is 2.80 bits per heavy atom. The molecule has 2 rings (SSSR count). The Morgan fingerprint density at radius 2 is 2.10 bits per heavy atom. The molecule has 0 aromatic carbocycles. The van der Waals surface area contributed by atoms with Crippen LogP contribution in [0.1, 0.15) is 6.92 Å². The number of hydrogen-bond donors (Lipinski definition) is 1. The number of halogens is 1. The minimum absolute atomic E-state index is 0.0174. The van der Waals surface area contributed by atoms with Crippen molar-refractivity contribution in [1.29, 1.82) is 0 Å². The van der Waals surface area contributed by atoms with Gasteiger partial charge in [0.2, 0.25) is 5.88 Å². The number of anilines is 1. The number of ether oxygens (including phenoxy) is 1. The molecule has 0 unspecified atom stereocenters. The van der Waals surface area contributed by atoms with Gasteiger partial charge in [-0.3, -0.25) is 4.72 Å². The molecule has 0 aliphatic rings. The summed E-state index contributed by atoms with van der Waals surface area (Å²) in [6.45, 7) is 2.17. The normalized spacial score (nSPS) is 11.1. The molecule has 8 heteroatoms. The summed E-state index contributed by atoms with van der Waals surface area (Å²) in [6.07, 6.45) is 2.84. The van der Waals surface area contributed by atoms with Gasteiger partial charge in [0.05, 0.1) is 11.5 Å². The van der Waals surface area contributed by atoms with Gasteiger partial charge >= 0.3 is 0 Å². The van der Waals surface area contributed by atoms with Crippen LogP contribution in [0.5, 0.6) is 5.88 Å². The SMILES string of the molecule is CCOc1ncccc1NS(=O)(=O)c1ccnc(Cl)c1. The third-order valence-corrected chi connectivity index (χ3v) is 3.87. The van der Waals surface area contributed by atoms with Gasteiger partial charge in [0.25, 0.3) is 10.0 Å². The molecule has 2 aromatic heterocycles. The molecule has 0 spiro atoms. The highest BCUT2D eigenvalue weighted by Gasteiger charge is 2.17. The molecule has 0 fully saturated rings. The van der Waals surface area contributed by atoms with Crippen molar-refractivity contribution in [1.82, 2.24) is 9.97 Å². The second kappa shape index (κ2) is 6.06. The maximum atomic E-state index is 12.2. The lowest BCUT2D eigenvalue weighted by Gasteiger charge is -2.11. The number of sulfonamides is 1. The summed E-state index contributed by atoms with van der Waals surface area (Å²) in [5.41, 5.74) is 0.266. The van der Waals surface area contributed by atoms with E-state index in [4.69, 9.17) is 16.3 Å². The fraction of sp³-hybridized carbons (Fsp3) is 0.167. The van der Waals surface area contributed by atoms with Gasteiger partial charge in [-0.25, -0.2) is 18.4 Å². The van der Waals surface area contributed by atoms with Gasteiger partial charge < -0.3 is 4.74 Å². The van der Waals surface area contributed by atoms with E-state index >= 15 is 0 Å². The molecule has 20 heavy (non-hydrogen) atoms. The van der Waals surface area contributed by atoms with Crippen molar-refractivity contribution >= 4 is 27.3 Å². The van der Waals surface area contributed by atoms with Gasteiger partial charge in [0, 0.05) is 12.4 Å². The predicted molar refractivity (Wildman–Crippen MR) is 75.5 cm³/mol. The second-order valence-electron chi connectivity index (χ2n) is 3.71. The van der Waals surface area contributed by atoms with E-state index < -0.39 is 10.0 Å². The molecule has 1 N–H and O–H groups in total. The van der Waals surface area contributed by atoms with E-state index in [-0.39, 0.29) is 21.6 Å². The van der Waals surface area contributed by atoms with Crippen LogP contribution in [-0.2, 0) is 10.0 Å². The smallest absolute Gasteiger partial charge is 0.262 e. The average molecular weight is 314 g/mol. The van der Waals surface area contributed by atoms with Crippen molar-refractivity contribution in [2.75, 3.05) is 11.3 Å². The molecular weight excluding hydrogens is 302 g/mol. The number of hydrogen-bond acceptors (Lipinski definition) is 5. The maximum absolute atomic E-state index is 12.2. The molecule has 0 atom stereocenters. The summed E-state index contributed by atoms with van der Waals surface area (Å²) in [6, 6.07) is 5.80. The molecular formula is C12H12ClN3O3S. The van der Waals surface area contributed by atoms with Crippen LogP contribution in [0, 0.1) is 0 Å². The number of rotatable bonds is 5. The first kappa shape index (κ1) is 14.5. The maximum Gasteiger partial charge on any atom is 0.262 e. The zero-order valence-corrected chi connectivity index (χ0v) is 12.1. The van der Waals surface area contributed by atoms with Crippen molar-refractivity contribution in [3.8, 4) is 5.88 Å². The molecule has 0 radical (unpaired) electrons. The molecule has 6 nitrogen and oxygen atoms in total. The van der Waals surface area contributed by atoms with Gasteiger partial charge in [-0.1, -0.05) is 11.6 Å². The zero-order chi connectivity index (χ0) is 14.6. The van der Waals surface area contributed by atoms with Crippen LogP contribution in [-0.4, -0.2) is 25.0 Å². The standard InChI is InChI=1S/C12H12ClN3O3S/c1-2-19-12-10(4-3-6-15-12)16-20(17,18)9-5-7-14-11(13)8-9/h3-8,16H,2H2,1H3. The summed E-state index contributed by atoms with van der Waals surface area (Å²) in [5.74, 6) is 0.221. The van der Waals surface area contributed by atoms with Crippen molar-refractivity contribution < 1.29 is 13.2 Å². The van der Waals surface area contributed by atoms with Crippen LogP contribution in [0.2, 0.25) is 5.15 Å². The lowest BCUT2D eigenvalue weighted by molar-refractivity contribution is 0.329. The number of aromatic nitrogens is 2. The van der Waals surface area contributed by atoms with E-state index in [0.29, 0.717) is 6.61 Å². The largest absolute Gasteiger partial charge is 0.476 e. The quantitative estimate of drug-likeness (QED) is 0.857. The minimum Gasteiger partial charge on any atom is -0.476 e. The first-order valence-corrected chi connectivity index (χ1v) is 7.61. The van der Waals surface area contributed by atoms with Gasteiger partial charge in [-0.15, -0.1) is 0 Å². The van der Waals surface area contributed by atoms with Crippen LogP contribution in [0.15, 0.2) is 41.6 Å². The third kappa shape index (κ3) is 3.37. The first-order valence-electron chi connectivity index (χ1n) is 5.75. The summed E-state index contributed by atoms with van der Waals surface area (Å²) >= 11 is 5.69. The molecule has 0 aliphatic carbocycles. The van der Waals surface area contributed by atoms with Crippen LogP contribution in [0.25, 0.3) is 0 Å². The van der Waals surface area contributed by atoms with Crippen LogP contribution >= 0.6 is 11.6 Å². The van der Waals surface area contributed by atoms with Crippen LogP contribution in [0.4, 0.5) is 5.69 Å². The average Bonchev–Trinajstić information content (AvgIpc) is 2.41. The number of nitrogens with one attached hydrogen (secondary N) is 1. The molecule has 0 saturated heterocycles. The van der Waals surface area contributed by atoms with Crippen molar-refractivity contribution in [2.24, 2.45) is 0 Å². The number of nitrogens with zero attached hydrogens (tertiary/aromatic N) is 2. The molecule has 2 heterocycles. The molecule has 0 saturated carbocycles. The Balaban J connectivity index is 2.34. The lowest BCUT2D eigenvalue weighted by atomic mass is 10.4. The monoisotopic (exact) mass is 313 g/mol. The highest BCUT2D eigenvalue weighted by molar-refractivity contribution is 7.92. The molecule has 2 aromatic rings. The molecule has 106 valence electrons. The summed E-state index contributed by atoms with van der Waals surface area (Å²) < 4.78 is 32.1. The Kier molecular flexibility index (Phi) is 4.41. The van der Waals surface area contributed by atoms with Gasteiger partial charge in [-0.2, -0.15) is 0 Å². The fourth-order valence-electron chi connectivity index (χ4n) is 1.48. The Bertz CT molecular complexity index is 707. The van der Waals surface area contributed by atoms with Crippen molar-refractivity contribution in [3.05, 3.63) is 41.8 Å². The summed E-state index contributed by atoms with van der Waals surface area (Å²) in [5, 5.41) is 0.101. The van der Waals surface area contributed by atoms with Gasteiger partial charge in [-0.05, 0) is 31.2 Å². The Morgan fingerprint density at radius 1 is 1.30 bits per heavy atom. The lowest BCUT2D eigenvalue weighted by Crippen LogP contribution is -2.14. The van der Waals surface area contributed by atoms with E-state index in [1.54, 1.807) is 19.1 Å². The second-order valence-corrected chi connectivity index (χ2v) is 5.78. The molecule has 0 aliphatic heterocycles.